The second-order valence-electron chi connectivity index (χ2n) is 5.25. The number of esters is 1. The predicted octanol–water partition coefficient (Wildman–Crippen LogP) is 1.89. The highest BCUT2D eigenvalue weighted by atomic mass is 16.5. The smallest absolute Gasteiger partial charge is 0.338 e. The van der Waals surface area contributed by atoms with Crippen molar-refractivity contribution in [3.63, 3.8) is 0 Å². The molecule has 110 valence electrons. The lowest BCUT2D eigenvalue weighted by atomic mass is 10.1. The van der Waals surface area contributed by atoms with Crippen LogP contribution in [0.15, 0.2) is 18.2 Å². The van der Waals surface area contributed by atoms with Crippen molar-refractivity contribution in [2.45, 2.75) is 33.7 Å². The molecule has 0 radical (unpaired) electrons. The number of carbonyl (C=O) groups excluding carboxylic acids is 2. The molecule has 5 nitrogen and oxygen atoms in total. The molecule has 5 heteroatoms. The second-order valence-corrected chi connectivity index (χ2v) is 5.25. The van der Waals surface area contributed by atoms with Crippen molar-refractivity contribution in [2.75, 3.05) is 12.3 Å². The molecule has 0 aliphatic heterocycles. The summed E-state index contributed by atoms with van der Waals surface area (Å²) in [4.78, 5) is 23.4. The molecule has 0 heterocycles. The molecule has 3 N–H and O–H groups in total. The number of benzene rings is 1. The quantitative estimate of drug-likeness (QED) is 0.636. The number of aryl methyl sites for hydroxylation is 1. The molecule has 0 spiro atoms. The summed E-state index contributed by atoms with van der Waals surface area (Å²) in [6.07, 6.45) is 0. The van der Waals surface area contributed by atoms with Crippen molar-refractivity contribution >= 4 is 17.6 Å². The molecule has 0 aromatic heterocycles. The van der Waals surface area contributed by atoms with E-state index in [1.807, 2.05) is 27.7 Å². The number of rotatable bonds is 5. The fourth-order valence-electron chi connectivity index (χ4n) is 1.44. The van der Waals surface area contributed by atoms with Crippen LogP contribution >= 0.6 is 0 Å². The van der Waals surface area contributed by atoms with Crippen LogP contribution in [0.4, 0.5) is 5.69 Å². The summed E-state index contributed by atoms with van der Waals surface area (Å²) in [6.45, 7) is 7.48. The summed E-state index contributed by atoms with van der Waals surface area (Å²) in [5.74, 6) is -0.532. The van der Waals surface area contributed by atoms with E-state index in [-0.39, 0.29) is 18.6 Å². The van der Waals surface area contributed by atoms with Crippen molar-refractivity contribution in [1.82, 2.24) is 5.32 Å². The minimum Gasteiger partial charge on any atom is -0.452 e. The minimum absolute atomic E-state index is 0.0382. The number of hydrogen-bond donors (Lipinski definition) is 2. The van der Waals surface area contributed by atoms with Gasteiger partial charge in [0.05, 0.1) is 5.56 Å². The van der Waals surface area contributed by atoms with E-state index in [1.54, 1.807) is 18.2 Å². The minimum atomic E-state index is -0.552. The maximum absolute atomic E-state index is 11.8. The first-order valence-electron chi connectivity index (χ1n) is 6.64. The molecule has 0 saturated carbocycles. The lowest BCUT2D eigenvalue weighted by Gasteiger charge is -2.17. The Morgan fingerprint density at radius 3 is 2.50 bits per heavy atom. The molecule has 0 aliphatic rings. The normalized spacial score (nSPS) is 12.1. The third-order valence-electron chi connectivity index (χ3n) is 3.24. The van der Waals surface area contributed by atoms with Gasteiger partial charge in [-0.15, -0.1) is 0 Å². The van der Waals surface area contributed by atoms with Gasteiger partial charge in [-0.05, 0) is 37.5 Å². The van der Waals surface area contributed by atoms with Crippen LogP contribution in [0.3, 0.4) is 0 Å². The summed E-state index contributed by atoms with van der Waals surface area (Å²) in [5, 5.41) is 2.77. The highest BCUT2D eigenvalue weighted by Gasteiger charge is 2.14. The molecule has 0 fully saturated rings. The van der Waals surface area contributed by atoms with Gasteiger partial charge in [-0.3, -0.25) is 4.79 Å². The molecular weight excluding hydrogens is 256 g/mol. The zero-order valence-electron chi connectivity index (χ0n) is 12.4. The molecule has 1 rings (SSSR count). The first-order valence-corrected chi connectivity index (χ1v) is 6.64. The Labute approximate surface area is 119 Å². The van der Waals surface area contributed by atoms with Crippen LogP contribution in [-0.4, -0.2) is 24.5 Å². The number of ether oxygens (including phenoxy) is 1. The molecule has 0 bridgehead atoms. The maximum Gasteiger partial charge on any atom is 0.338 e. The van der Waals surface area contributed by atoms with Gasteiger partial charge in [-0.1, -0.05) is 19.9 Å². The largest absolute Gasteiger partial charge is 0.452 e. The van der Waals surface area contributed by atoms with E-state index in [0.29, 0.717) is 17.2 Å². The first kappa shape index (κ1) is 16.0. The summed E-state index contributed by atoms with van der Waals surface area (Å²) in [6, 6.07) is 4.96. The van der Waals surface area contributed by atoms with E-state index >= 15 is 0 Å². The molecule has 0 aliphatic carbocycles. The molecule has 1 atom stereocenters. The van der Waals surface area contributed by atoms with Gasteiger partial charge in [-0.25, -0.2) is 4.79 Å². The van der Waals surface area contributed by atoms with Crippen LogP contribution < -0.4 is 11.1 Å². The molecular formula is C15H22N2O3. The average Bonchev–Trinajstić information content (AvgIpc) is 2.39. The zero-order chi connectivity index (χ0) is 15.3. The van der Waals surface area contributed by atoms with Crippen molar-refractivity contribution < 1.29 is 14.3 Å². The number of anilines is 1. The van der Waals surface area contributed by atoms with Gasteiger partial charge in [0.25, 0.3) is 5.91 Å². The number of nitrogens with one attached hydrogen (secondary N) is 1. The predicted molar refractivity (Wildman–Crippen MR) is 78.3 cm³/mol. The van der Waals surface area contributed by atoms with Gasteiger partial charge >= 0.3 is 5.97 Å². The summed E-state index contributed by atoms with van der Waals surface area (Å²) >= 11 is 0. The standard InChI is InChI=1S/C15H22N2O3/c1-9(2)11(4)17-14(18)8-20-15(19)12-6-5-10(3)13(16)7-12/h5-7,9,11H,8,16H2,1-4H3,(H,17,18). The van der Waals surface area contributed by atoms with Crippen LogP contribution in [0, 0.1) is 12.8 Å². The fourth-order valence-corrected chi connectivity index (χ4v) is 1.44. The lowest BCUT2D eigenvalue weighted by Crippen LogP contribution is -2.38. The van der Waals surface area contributed by atoms with Gasteiger partial charge in [0.1, 0.15) is 0 Å². The number of amides is 1. The number of nitrogen functional groups attached to an aromatic ring is 1. The van der Waals surface area contributed by atoms with Gasteiger partial charge in [0, 0.05) is 11.7 Å². The number of carbonyl (C=O) groups is 2. The van der Waals surface area contributed by atoms with Crippen LogP contribution in [-0.2, 0) is 9.53 Å². The maximum atomic E-state index is 11.8. The van der Waals surface area contributed by atoms with E-state index in [4.69, 9.17) is 10.5 Å². The summed E-state index contributed by atoms with van der Waals surface area (Å²) in [5.41, 5.74) is 7.49. The summed E-state index contributed by atoms with van der Waals surface area (Å²) in [7, 11) is 0. The van der Waals surface area contributed by atoms with Crippen molar-refractivity contribution in [3.05, 3.63) is 29.3 Å². The highest BCUT2D eigenvalue weighted by molar-refractivity contribution is 5.92. The monoisotopic (exact) mass is 278 g/mol. The van der Waals surface area contributed by atoms with E-state index < -0.39 is 5.97 Å². The van der Waals surface area contributed by atoms with Crippen LogP contribution in [0.25, 0.3) is 0 Å². The van der Waals surface area contributed by atoms with Gasteiger partial charge in [0.15, 0.2) is 6.61 Å². The lowest BCUT2D eigenvalue weighted by molar-refractivity contribution is -0.125. The van der Waals surface area contributed by atoms with E-state index in [9.17, 15) is 9.59 Å². The third-order valence-corrected chi connectivity index (χ3v) is 3.24. The second kappa shape index (κ2) is 6.93. The Balaban J connectivity index is 2.51. The average molecular weight is 278 g/mol. The Kier molecular flexibility index (Phi) is 5.55. The van der Waals surface area contributed by atoms with Crippen molar-refractivity contribution in [1.29, 1.82) is 0 Å². The number of hydrogen-bond acceptors (Lipinski definition) is 4. The molecule has 20 heavy (non-hydrogen) atoms. The van der Waals surface area contributed by atoms with E-state index in [2.05, 4.69) is 5.32 Å². The molecule has 1 amide bonds. The van der Waals surface area contributed by atoms with Crippen LogP contribution in [0.1, 0.15) is 36.7 Å². The van der Waals surface area contributed by atoms with Crippen molar-refractivity contribution in [3.8, 4) is 0 Å². The van der Waals surface area contributed by atoms with Crippen LogP contribution in [0.5, 0.6) is 0 Å². The van der Waals surface area contributed by atoms with E-state index in [0.717, 1.165) is 5.56 Å². The fraction of sp³-hybridized carbons (Fsp3) is 0.467. The Morgan fingerprint density at radius 2 is 1.95 bits per heavy atom. The molecule has 1 aromatic carbocycles. The Morgan fingerprint density at radius 1 is 1.30 bits per heavy atom. The Hall–Kier alpha value is -2.04. The summed E-state index contributed by atoms with van der Waals surface area (Å²) < 4.78 is 4.96. The SMILES string of the molecule is Cc1ccc(C(=O)OCC(=O)NC(C)C(C)C)cc1N. The molecule has 0 saturated heterocycles. The topological polar surface area (TPSA) is 81.4 Å². The Bertz CT molecular complexity index is 498. The van der Waals surface area contributed by atoms with Crippen LogP contribution in [0.2, 0.25) is 0 Å². The van der Waals surface area contributed by atoms with Gasteiger partial charge < -0.3 is 15.8 Å². The highest BCUT2D eigenvalue weighted by Crippen LogP contribution is 2.13. The van der Waals surface area contributed by atoms with E-state index in [1.165, 1.54) is 0 Å². The van der Waals surface area contributed by atoms with Gasteiger partial charge in [0.2, 0.25) is 0 Å². The third kappa shape index (κ3) is 4.57. The first-order chi connectivity index (χ1) is 9.31. The molecule has 1 unspecified atom stereocenters. The zero-order valence-corrected chi connectivity index (χ0v) is 12.4. The number of nitrogens with two attached hydrogens (primary N) is 1. The van der Waals surface area contributed by atoms with Crippen molar-refractivity contribution in [2.24, 2.45) is 5.92 Å². The van der Waals surface area contributed by atoms with Gasteiger partial charge in [-0.2, -0.15) is 0 Å². The molecule has 1 aromatic rings.